The minimum absolute atomic E-state index is 0.226. The van der Waals surface area contributed by atoms with Crippen molar-refractivity contribution in [2.75, 3.05) is 13.1 Å². The summed E-state index contributed by atoms with van der Waals surface area (Å²) in [4.78, 5) is 12.2. The lowest BCUT2D eigenvalue weighted by atomic mass is 9.90. The molecule has 1 unspecified atom stereocenters. The maximum absolute atomic E-state index is 12.2. The Morgan fingerprint density at radius 1 is 1.41 bits per heavy atom. The lowest BCUT2D eigenvalue weighted by molar-refractivity contribution is -0.122. The Morgan fingerprint density at radius 2 is 2.24 bits per heavy atom. The summed E-state index contributed by atoms with van der Waals surface area (Å²) in [7, 11) is 0. The highest BCUT2D eigenvalue weighted by Crippen LogP contribution is 2.17. The maximum Gasteiger partial charge on any atom is 0.141 e. The second-order valence-corrected chi connectivity index (χ2v) is 5.12. The van der Waals surface area contributed by atoms with Crippen LogP contribution in [0.3, 0.4) is 0 Å². The van der Waals surface area contributed by atoms with Gasteiger partial charge < -0.3 is 5.32 Å². The van der Waals surface area contributed by atoms with Gasteiger partial charge in [0, 0.05) is 18.9 Å². The SMILES string of the molecule is Cc1ccc(CC(=O)C2CCCNC2)c(C)c1. The maximum atomic E-state index is 12.2. The Morgan fingerprint density at radius 3 is 2.88 bits per heavy atom. The van der Waals surface area contributed by atoms with Crippen molar-refractivity contribution in [3.8, 4) is 0 Å². The van der Waals surface area contributed by atoms with E-state index in [0.717, 1.165) is 25.9 Å². The van der Waals surface area contributed by atoms with E-state index in [9.17, 15) is 4.79 Å². The Hall–Kier alpha value is -1.15. The molecule has 92 valence electrons. The van der Waals surface area contributed by atoms with E-state index in [0.29, 0.717) is 12.2 Å². The molecule has 1 heterocycles. The lowest BCUT2D eigenvalue weighted by Crippen LogP contribution is -2.35. The summed E-state index contributed by atoms with van der Waals surface area (Å²) < 4.78 is 0. The molecule has 0 aliphatic carbocycles. The van der Waals surface area contributed by atoms with Crippen LogP contribution in [0.15, 0.2) is 18.2 Å². The zero-order valence-electron chi connectivity index (χ0n) is 10.8. The van der Waals surface area contributed by atoms with Crippen LogP contribution < -0.4 is 5.32 Å². The average Bonchev–Trinajstić information content (AvgIpc) is 2.34. The molecule has 0 bridgehead atoms. The molecule has 0 amide bonds. The summed E-state index contributed by atoms with van der Waals surface area (Å²) in [5.74, 6) is 0.619. The molecular formula is C15H21NO. The van der Waals surface area contributed by atoms with Crippen molar-refractivity contribution in [3.05, 3.63) is 34.9 Å². The number of carbonyl (C=O) groups excluding carboxylic acids is 1. The van der Waals surface area contributed by atoms with Gasteiger partial charge in [-0.1, -0.05) is 23.8 Å². The van der Waals surface area contributed by atoms with E-state index >= 15 is 0 Å². The zero-order chi connectivity index (χ0) is 12.3. The molecule has 1 atom stereocenters. The summed E-state index contributed by atoms with van der Waals surface area (Å²) in [6.07, 6.45) is 2.78. The van der Waals surface area contributed by atoms with Gasteiger partial charge in [-0.05, 0) is 44.4 Å². The van der Waals surface area contributed by atoms with Crippen LogP contribution in [0, 0.1) is 19.8 Å². The largest absolute Gasteiger partial charge is 0.316 e. The smallest absolute Gasteiger partial charge is 0.141 e. The third-order valence-corrected chi connectivity index (χ3v) is 3.61. The molecule has 2 rings (SSSR count). The van der Waals surface area contributed by atoms with Gasteiger partial charge in [-0.15, -0.1) is 0 Å². The van der Waals surface area contributed by atoms with E-state index in [1.807, 2.05) is 0 Å². The average molecular weight is 231 g/mol. The zero-order valence-corrected chi connectivity index (χ0v) is 10.8. The summed E-state index contributed by atoms with van der Waals surface area (Å²) in [6, 6.07) is 6.34. The number of piperidine rings is 1. The Balaban J connectivity index is 2.02. The monoisotopic (exact) mass is 231 g/mol. The Labute approximate surface area is 103 Å². The standard InChI is InChI=1S/C15H21NO/c1-11-5-6-13(12(2)8-11)9-15(17)14-4-3-7-16-10-14/h5-6,8,14,16H,3-4,7,9-10H2,1-2H3. The van der Waals surface area contributed by atoms with Gasteiger partial charge >= 0.3 is 0 Å². The number of rotatable bonds is 3. The second kappa shape index (κ2) is 5.46. The number of hydrogen-bond donors (Lipinski definition) is 1. The molecule has 2 nitrogen and oxygen atoms in total. The molecule has 2 heteroatoms. The fourth-order valence-corrected chi connectivity index (χ4v) is 2.50. The topological polar surface area (TPSA) is 29.1 Å². The van der Waals surface area contributed by atoms with E-state index in [1.165, 1.54) is 16.7 Å². The van der Waals surface area contributed by atoms with Crippen molar-refractivity contribution < 1.29 is 4.79 Å². The summed E-state index contributed by atoms with van der Waals surface area (Å²) in [6.45, 7) is 6.11. The van der Waals surface area contributed by atoms with Crippen LogP contribution >= 0.6 is 0 Å². The Bertz CT molecular complexity index is 405. The van der Waals surface area contributed by atoms with Crippen molar-refractivity contribution in [1.29, 1.82) is 0 Å². The molecule has 1 fully saturated rings. The second-order valence-electron chi connectivity index (χ2n) is 5.12. The van der Waals surface area contributed by atoms with E-state index in [1.54, 1.807) is 0 Å². The van der Waals surface area contributed by atoms with Crippen LogP contribution in [0.25, 0.3) is 0 Å². The van der Waals surface area contributed by atoms with Gasteiger partial charge in [0.25, 0.3) is 0 Å². The van der Waals surface area contributed by atoms with Gasteiger partial charge in [0.15, 0.2) is 0 Å². The van der Waals surface area contributed by atoms with Crippen LogP contribution in [0.1, 0.15) is 29.5 Å². The van der Waals surface area contributed by atoms with Gasteiger partial charge in [0.05, 0.1) is 0 Å². The number of nitrogens with one attached hydrogen (secondary N) is 1. The van der Waals surface area contributed by atoms with Crippen LogP contribution in [-0.4, -0.2) is 18.9 Å². The summed E-state index contributed by atoms with van der Waals surface area (Å²) in [5.41, 5.74) is 3.69. The molecule has 1 aliphatic rings. The number of carbonyl (C=O) groups is 1. The molecule has 0 spiro atoms. The number of ketones is 1. The highest BCUT2D eigenvalue weighted by Gasteiger charge is 2.21. The van der Waals surface area contributed by atoms with Gasteiger partial charge in [-0.2, -0.15) is 0 Å². The van der Waals surface area contributed by atoms with Crippen molar-refractivity contribution in [1.82, 2.24) is 5.32 Å². The van der Waals surface area contributed by atoms with Gasteiger partial charge in [0.2, 0.25) is 0 Å². The van der Waals surface area contributed by atoms with Crippen molar-refractivity contribution in [2.24, 2.45) is 5.92 Å². The van der Waals surface area contributed by atoms with Gasteiger partial charge in [-0.25, -0.2) is 0 Å². The molecule has 0 aromatic heterocycles. The third-order valence-electron chi connectivity index (χ3n) is 3.61. The first-order chi connectivity index (χ1) is 8.16. The number of hydrogen-bond acceptors (Lipinski definition) is 2. The predicted octanol–water partition coefficient (Wildman–Crippen LogP) is 2.41. The molecular weight excluding hydrogens is 210 g/mol. The normalized spacial score (nSPS) is 20.2. The minimum atomic E-state index is 0.226. The van der Waals surface area contributed by atoms with Crippen molar-refractivity contribution >= 4 is 5.78 Å². The quantitative estimate of drug-likeness (QED) is 0.865. The lowest BCUT2D eigenvalue weighted by Gasteiger charge is -2.21. The minimum Gasteiger partial charge on any atom is -0.316 e. The van der Waals surface area contributed by atoms with Gasteiger partial charge in [-0.3, -0.25) is 4.79 Å². The van der Waals surface area contributed by atoms with E-state index in [-0.39, 0.29) is 5.92 Å². The molecule has 17 heavy (non-hydrogen) atoms. The molecule has 0 saturated carbocycles. The molecule has 1 N–H and O–H groups in total. The van der Waals surface area contributed by atoms with Crippen molar-refractivity contribution in [2.45, 2.75) is 33.1 Å². The van der Waals surface area contributed by atoms with E-state index in [4.69, 9.17) is 0 Å². The van der Waals surface area contributed by atoms with Crippen molar-refractivity contribution in [3.63, 3.8) is 0 Å². The number of aryl methyl sites for hydroxylation is 2. The van der Waals surface area contributed by atoms with Gasteiger partial charge in [0.1, 0.15) is 5.78 Å². The van der Waals surface area contributed by atoms with E-state index in [2.05, 4.69) is 37.4 Å². The first-order valence-corrected chi connectivity index (χ1v) is 6.46. The molecule has 1 aromatic carbocycles. The van der Waals surface area contributed by atoms with E-state index < -0.39 is 0 Å². The fraction of sp³-hybridized carbons (Fsp3) is 0.533. The highest BCUT2D eigenvalue weighted by molar-refractivity contribution is 5.83. The molecule has 1 aromatic rings. The first kappa shape index (κ1) is 12.3. The fourth-order valence-electron chi connectivity index (χ4n) is 2.50. The molecule has 1 saturated heterocycles. The summed E-state index contributed by atoms with van der Waals surface area (Å²) in [5, 5.41) is 3.30. The van der Waals surface area contributed by atoms with Crippen LogP contribution in [0.5, 0.6) is 0 Å². The Kier molecular flexibility index (Phi) is 3.95. The highest BCUT2D eigenvalue weighted by atomic mass is 16.1. The number of Topliss-reactive ketones (excluding diaryl/α,β-unsaturated/α-hetero) is 1. The predicted molar refractivity (Wildman–Crippen MR) is 70.2 cm³/mol. The van der Waals surface area contributed by atoms with Crippen LogP contribution in [0.2, 0.25) is 0 Å². The van der Waals surface area contributed by atoms with Crippen LogP contribution in [-0.2, 0) is 11.2 Å². The number of benzene rings is 1. The molecule has 0 radical (unpaired) electrons. The van der Waals surface area contributed by atoms with Crippen LogP contribution in [0.4, 0.5) is 0 Å². The summed E-state index contributed by atoms with van der Waals surface area (Å²) >= 11 is 0. The first-order valence-electron chi connectivity index (χ1n) is 6.46. The molecule has 1 aliphatic heterocycles. The third kappa shape index (κ3) is 3.16.